The van der Waals surface area contributed by atoms with Crippen molar-refractivity contribution >= 4 is 11.6 Å². The Bertz CT molecular complexity index is 474. The standard InChI is InChI=1S/C13H18F3N3O/c1-3-8(2)7-18-12(20)9-5-4-6-10(11(9)19-17)13(14,15)16/h4-6,8,19H,3,7,17H2,1-2H3,(H,18,20). The Hall–Kier alpha value is -1.76. The Morgan fingerprint density at radius 3 is 2.55 bits per heavy atom. The number of hydrogen-bond acceptors (Lipinski definition) is 3. The number of anilines is 1. The van der Waals surface area contributed by atoms with Gasteiger partial charge in [0.2, 0.25) is 0 Å². The second-order valence-corrected chi connectivity index (χ2v) is 4.59. The summed E-state index contributed by atoms with van der Waals surface area (Å²) in [5.74, 6) is 4.81. The van der Waals surface area contributed by atoms with Crippen molar-refractivity contribution in [2.24, 2.45) is 11.8 Å². The smallest absolute Gasteiger partial charge is 0.352 e. The Balaban J connectivity index is 3.03. The van der Waals surface area contributed by atoms with Crippen LogP contribution in [0.1, 0.15) is 36.2 Å². The number of halogens is 3. The van der Waals surface area contributed by atoms with Gasteiger partial charge in [-0.2, -0.15) is 13.2 Å². The predicted molar refractivity (Wildman–Crippen MR) is 71.0 cm³/mol. The van der Waals surface area contributed by atoms with Crippen LogP contribution >= 0.6 is 0 Å². The van der Waals surface area contributed by atoms with Crippen LogP contribution in [-0.2, 0) is 6.18 Å². The van der Waals surface area contributed by atoms with Gasteiger partial charge in [-0.25, -0.2) is 0 Å². The third kappa shape index (κ3) is 3.86. The van der Waals surface area contributed by atoms with Crippen LogP contribution in [0.4, 0.5) is 18.9 Å². The molecule has 1 amide bonds. The van der Waals surface area contributed by atoms with Crippen molar-refractivity contribution in [2.45, 2.75) is 26.4 Å². The van der Waals surface area contributed by atoms with Crippen molar-refractivity contribution in [1.29, 1.82) is 0 Å². The molecule has 1 aromatic carbocycles. The summed E-state index contributed by atoms with van der Waals surface area (Å²) in [5, 5.41) is 2.60. The fourth-order valence-corrected chi connectivity index (χ4v) is 1.64. The summed E-state index contributed by atoms with van der Waals surface area (Å²) in [6.45, 7) is 4.30. The van der Waals surface area contributed by atoms with Crippen LogP contribution in [0.5, 0.6) is 0 Å². The number of hydrogen-bond donors (Lipinski definition) is 3. The lowest BCUT2D eigenvalue weighted by Gasteiger charge is -2.17. The van der Waals surface area contributed by atoms with Gasteiger partial charge in [-0.1, -0.05) is 26.3 Å². The quantitative estimate of drug-likeness (QED) is 0.577. The Morgan fingerprint density at radius 1 is 1.40 bits per heavy atom. The molecule has 0 aliphatic rings. The molecule has 0 saturated carbocycles. The van der Waals surface area contributed by atoms with Crippen molar-refractivity contribution in [2.75, 3.05) is 12.0 Å². The van der Waals surface area contributed by atoms with Crippen molar-refractivity contribution in [3.05, 3.63) is 29.3 Å². The molecule has 1 aromatic rings. The zero-order chi connectivity index (χ0) is 15.3. The van der Waals surface area contributed by atoms with Gasteiger partial charge < -0.3 is 10.7 Å². The number of benzene rings is 1. The highest BCUT2D eigenvalue weighted by molar-refractivity contribution is 6.00. The number of nitrogen functional groups attached to an aromatic ring is 1. The summed E-state index contributed by atoms with van der Waals surface area (Å²) >= 11 is 0. The summed E-state index contributed by atoms with van der Waals surface area (Å²) in [6, 6.07) is 3.36. The summed E-state index contributed by atoms with van der Waals surface area (Å²) in [6.07, 6.45) is -3.71. The van der Waals surface area contributed by atoms with Gasteiger partial charge in [0.15, 0.2) is 0 Å². The number of para-hydroxylation sites is 1. The van der Waals surface area contributed by atoms with E-state index in [1.807, 2.05) is 19.3 Å². The summed E-state index contributed by atoms with van der Waals surface area (Å²) < 4.78 is 38.5. The number of carbonyl (C=O) groups excluding carboxylic acids is 1. The lowest BCUT2D eigenvalue weighted by atomic mass is 10.1. The van der Waals surface area contributed by atoms with Gasteiger partial charge in [-0.15, -0.1) is 0 Å². The second kappa shape index (κ2) is 6.60. The van der Waals surface area contributed by atoms with Gasteiger partial charge in [0.05, 0.1) is 16.8 Å². The minimum absolute atomic E-state index is 0.120. The second-order valence-electron chi connectivity index (χ2n) is 4.59. The molecule has 0 bridgehead atoms. The van der Waals surface area contributed by atoms with Gasteiger partial charge in [-0.05, 0) is 18.1 Å². The monoisotopic (exact) mass is 289 g/mol. The highest BCUT2D eigenvalue weighted by Crippen LogP contribution is 2.36. The number of alkyl halides is 3. The van der Waals surface area contributed by atoms with Gasteiger partial charge in [-0.3, -0.25) is 10.6 Å². The van der Waals surface area contributed by atoms with E-state index < -0.39 is 23.3 Å². The molecule has 0 heterocycles. The Labute approximate surface area is 115 Å². The molecule has 0 saturated heterocycles. The molecule has 0 spiro atoms. The number of amides is 1. The van der Waals surface area contributed by atoms with Crippen molar-refractivity contribution in [3.63, 3.8) is 0 Å². The Kier molecular flexibility index (Phi) is 5.38. The van der Waals surface area contributed by atoms with Gasteiger partial charge in [0.1, 0.15) is 0 Å². The number of carbonyl (C=O) groups is 1. The summed E-state index contributed by atoms with van der Waals surface area (Å²) in [7, 11) is 0. The van der Waals surface area contributed by atoms with Crippen LogP contribution in [0, 0.1) is 5.92 Å². The number of nitrogens with two attached hydrogens (primary N) is 1. The first-order valence-electron chi connectivity index (χ1n) is 6.26. The van der Waals surface area contributed by atoms with Crippen molar-refractivity contribution in [1.82, 2.24) is 5.32 Å². The molecule has 0 aliphatic carbocycles. The number of hydrazine groups is 1. The molecule has 0 radical (unpaired) electrons. The van der Waals surface area contributed by atoms with Gasteiger partial charge in [0.25, 0.3) is 5.91 Å². The van der Waals surface area contributed by atoms with Crippen LogP contribution < -0.4 is 16.6 Å². The third-order valence-electron chi connectivity index (χ3n) is 3.07. The predicted octanol–water partition coefficient (Wildman–Crippen LogP) is 2.77. The van der Waals surface area contributed by atoms with Gasteiger partial charge in [0, 0.05) is 6.54 Å². The average Bonchev–Trinajstić information content (AvgIpc) is 2.42. The molecule has 112 valence electrons. The molecule has 20 heavy (non-hydrogen) atoms. The minimum atomic E-state index is -4.57. The number of rotatable bonds is 5. The maximum Gasteiger partial charge on any atom is 0.418 e. The molecule has 4 nitrogen and oxygen atoms in total. The number of nitrogens with one attached hydrogen (secondary N) is 2. The van der Waals surface area contributed by atoms with Gasteiger partial charge >= 0.3 is 6.18 Å². The highest BCUT2D eigenvalue weighted by atomic mass is 19.4. The Morgan fingerprint density at radius 2 is 2.05 bits per heavy atom. The summed E-state index contributed by atoms with van der Waals surface area (Å²) in [4.78, 5) is 11.9. The zero-order valence-corrected chi connectivity index (χ0v) is 11.3. The topological polar surface area (TPSA) is 67.2 Å². The van der Waals surface area contributed by atoms with E-state index in [2.05, 4.69) is 5.32 Å². The first-order chi connectivity index (χ1) is 9.31. The normalized spacial score (nSPS) is 12.9. The molecule has 1 unspecified atom stereocenters. The van der Waals surface area contributed by atoms with E-state index >= 15 is 0 Å². The lowest BCUT2D eigenvalue weighted by molar-refractivity contribution is -0.137. The SMILES string of the molecule is CCC(C)CNC(=O)c1cccc(C(F)(F)F)c1NN. The fourth-order valence-electron chi connectivity index (χ4n) is 1.64. The van der Waals surface area contributed by atoms with Crippen LogP contribution in [0.25, 0.3) is 0 Å². The van der Waals surface area contributed by atoms with Crippen LogP contribution in [-0.4, -0.2) is 12.5 Å². The molecule has 7 heteroatoms. The molecule has 4 N–H and O–H groups in total. The van der Waals surface area contributed by atoms with E-state index in [0.29, 0.717) is 6.54 Å². The van der Waals surface area contributed by atoms with E-state index in [4.69, 9.17) is 5.84 Å². The highest BCUT2D eigenvalue weighted by Gasteiger charge is 2.35. The van der Waals surface area contributed by atoms with Crippen LogP contribution in [0.15, 0.2) is 18.2 Å². The largest absolute Gasteiger partial charge is 0.418 e. The first-order valence-corrected chi connectivity index (χ1v) is 6.26. The summed E-state index contributed by atoms with van der Waals surface area (Å²) in [5.41, 5.74) is 0.476. The van der Waals surface area contributed by atoms with E-state index in [1.165, 1.54) is 12.1 Å². The molecule has 1 atom stereocenters. The maximum absolute atomic E-state index is 12.8. The molecular weight excluding hydrogens is 271 g/mol. The molecule has 0 fully saturated rings. The third-order valence-corrected chi connectivity index (χ3v) is 3.07. The van der Waals surface area contributed by atoms with Crippen LogP contribution in [0.2, 0.25) is 0 Å². The maximum atomic E-state index is 12.8. The van der Waals surface area contributed by atoms with E-state index in [9.17, 15) is 18.0 Å². The van der Waals surface area contributed by atoms with E-state index in [1.54, 1.807) is 0 Å². The fraction of sp³-hybridized carbons (Fsp3) is 0.462. The lowest BCUT2D eigenvalue weighted by Crippen LogP contribution is -2.30. The van der Waals surface area contributed by atoms with E-state index in [-0.39, 0.29) is 11.5 Å². The van der Waals surface area contributed by atoms with Crippen molar-refractivity contribution < 1.29 is 18.0 Å². The molecule has 0 aliphatic heterocycles. The van der Waals surface area contributed by atoms with Crippen molar-refractivity contribution in [3.8, 4) is 0 Å². The molecule has 1 rings (SSSR count). The average molecular weight is 289 g/mol. The first kappa shape index (κ1) is 16.3. The zero-order valence-electron chi connectivity index (χ0n) is 11.3. The minimum Gasteiger partial charge on any atom is -0.352 e. The molecular formula is C13H18F3N3O. The van der Waals surface area contributed by atoms with Crippen LogP contribution in [0.3, 0.4) is 0 Å². The molecule has 0 aromatic heterocycles. The van der Waals surface area contributed by atoms with E-state index in [0.717, 1.165) is 12.5 Å².